The Hall–Kier alpha value is -2.88. The van der Waals surface area contributed by atoms with E-state index in [-0.39, 0.29) is 5.75 Å². The average Bonchev–Trinajstić information content (AvgIpc) is 2.98. The number of H-pyrrole nitrogens is 1. The highest BCUT2D eigenvalue weighted by Gasteiger charge is 2.17. The fraction of sp³-hybridized carbons (Fsp3) is 0. The Morgan fingerprint density at radius 2 is 1.40 bits per heavy atom. The van der Waals surface area contributed by atoms with Gasteiger partial charge in [-0.2, -0.15) is 15.4 Å². The van der Waals surface area contributed by atoms with Crippen LogP contribution in [-0.2, 0) is 0 Å². The topological polar surface area (TPSA) is 61.8 Å². The van der Waals surface area contributed by atoms with Crippen LogP contribution < -0.4 is 0 Å². The molecule has 20 heavy (non-hydrogen) atoms. The molecule has 0 unspecified atom stereocenters. The largest absolute Gasteiger partial charge is 0.507 e. The zero-order valence-corrected chi connectivity index (χ0v) is 10.5. The Kier molecular flexibility index (Phi) is 2.23. The molecular formula is C16H11N3O. The molecule has 1 aromatic heterocycles. The summed E-state index contributed by atoms with van der Waals surface area (Å²) in [6, 6.07) is 17.4. The highest BCUT2D eigenvalue weighted by molar-refractivity contribution is 6.14. The second-order valence-electron chi connectivity index (χ2n) is 4.66. The van der Waals surface area contributed by atoms with Crippen molar-refractivity contribution in [2.24, 2.45) is 0 Å². The molecule has 0 atom stereocenters. The maximum atomic E-state index is 10.6. The number of phenols is 1. The summed E-state index contributed by atoms with van der Waals surface area (Å²) < 4.78 is 0. The van der Waals surface area contributed by atoms with E-state index in [0.29, 0.717) is 11.1 Å². The number of fused-ring (bicyclic) bond motifs is 3. The van der Waals surface area contributed by atoms with Gasteiger partial charge in [-0.15, -0.1) is 0 Å². The molecule has 0 spiro atoms. The van der Waals surface area contributed by atoms with E-state index in [9.17, 15) is 5.11 Å². The van der Waals surface area contributed by atoms with Crippen LogP contribution in [0.15, 0.2) is 54.6 Å². The van der Waals surface area contributed by atoms with Gasteiger partial charge in [-0.3, -0.25) is 0 Å². The number of nitrogens with one attached hydrogen (secondary N) is 1. The van der Waals surface area contributed by atoms with E-state index in [2.05, 4.69) is 15.4 Å². The smallest absolute Gasteiger partial charge is 0.133 e. The van der Waals surface area contributed by atoms with Crippen LogP contribution in [0.4, 0.5) is 0 Å². The van der Waals surface area contributed by atoms with Crippen molar-refractivity contribution in [1.82, 2.24) is 15.4 Å². The van der Waals surface area contributed by atoms with Crippen LogP contribution in [0.2, 0.25) is 0 Å². The molecule has 4 heteroatoms. The van der Waals surface area contributed by atoms with E-state index >= 15 is 0 Å². The molecule has 4 nitrogen and oxygen atoms in total. The van der Waals surface area contributed by atoms with Crippen molar-refractivity contribution in [3.05, 3.63) is 54.6 Å². The molecule has 2 N–H and O–H groups in total. The van der Waals surface area contributed by atoms with Gasteiger partial charge in [0.25, 0.3) is 0 Å². The predicted molar refractivity (Wildman–Crippen MR) is 78.5 cm³/mol. The highest BCUT2D eigenvalue weighted by Crippen LogP contribution is 2.41. The molecule has 0 saturated carbocycles. The van der Waals surface area contributed by atoms with Gasteiger partial charge in [0.05, 0.1) is 5.56 Å². The Morgan fingerprint density at radius 1 is 0.750 bits per heavy atom. The summed E-state index contributed by atoms with van der Waals surface area (Å²) in [5.41, 5.74) is 3.10. The van der Waals surface area contributed by atoms with Gasteiger partial charge in [-0.25, -0.2) is 0 Å². The predicted octanol–water partition coefficient (Wildman–Crippen LogP) is 3.48. The lowest BCUT2D eigenvalue weighted by atomic mass is 9.97. The quantitative estimate of drug-likeness (QED) is 0.551. The van der Waals surface area contributed by atoms with Crippen molar-refractivity contribution in [2.45, 2.75) is 0 Å². The lowest BCUT2D eigenvalue weighted by Gasteiger charge is -2.09. The standard InChI is InChI=1S/C16H11N3O/c20-16-12-9-5-4-8-11(12)14-15(18-19-17-14)13(16)10-6-2-1-3-7-10/h1-9,20H,(H,17,18,19). The van der Waals surface area contributed by atoms with Crippen molar-refractivity contribution in [3.8, 4) is 16.9 Å². The van der Waals surface area contributed by atoms with Crippen LogP contribution in [0.3, 0.4) is 0 Å². The Labute approximate surface area is 114 Å². The minimum absolute atomic E-state index is 0.244. The summed E-state index contributed by atoms with van der Waals surface area (Å²) in [6.07, 6.45) is 0. The van der Waals surface area contributed by atoms with Crippen molar-refractivity contribution in [3.63, 3.8) is 0 Å². The van der Waals surface area contributed by atoms with Crippen LogP contribution in [0.25, 0.3) is 32.9 Å². The maximum absolute atomic E-state index is 10.6. The summed E-state index contributed by atoms with van der Waals surface area (Å²) in [4.78, 5) is 0. The lowest BCUT2D eigenvalue weighted by Crippen LogP contribution is -1.85. The number of rotatable bonds is 1. The summed E-state index contributed by atoms with van der Waals surface area (Å²) >= 11 is 0. The van der Waals surface area contributed by atoms with Crippen molar-refractivity contribution in [1.29, 1.82) is 0 Å². The van der Waals surface area contributed by atoms with E-state index < -0.39 is 0 Å². The first-order valence-electron chi connectivity index (χ1n) is 6.36. The number of aromatic nitrogens is 3. The molecule has 0 radical (unpaired) electrons. The van der Waals surface area contributed by atoms with Gasteiger partial charge in [0.1, 0.15) is 16.8 Å². The molecule has 0 aliphatic rings. The number of hydrogen-bond donors (Lipinski definition) is 2. The van der Waals surface area contributed by atoms with E-state index in [4.69, 9.17) is 0 Å². The van der Waals surface area contributed by atoms with E-state index in [0.717, 1.165) is 21.9 Å². The van der Waals surface area contributed by atoms with Crippen LogP contribution in [-0.4, -0.2) is 20.5 Å². The van der Waals surface area contributed by atoms with Gasteiger partial charge in [0.2, 0.25) is 0 Å². The van der Waals surface area contributed by atoms with Crippen LogP contribution in [0, 0.1) is 0 Å². The van der Waals surface area contributed by atoms with Crippen LogP contribution in [0.1, 0.15) is 0 Å². The molecule has 0 aliphatic carbocycles. The zero-order chi connectivity index (χ0) is 13.5. The van der Waals surface area contributed by atoms with E-state index in [1.54, 1.807) is 0 Å². The van der Waals surface area contributed by atoms with Crippen LogP contribution in [0.5, 0.6) is 5.75 Å². The molecule has 0 aliphatic heterocycles. The molecule has 4 rings (SSSR count). The lowest BCUT2D eigenvalue weighted by molar-refractivity contribution is 0.484. The van der Waals surface area contributed by atoms with Gasteiger partial charge in [0.15, 0.2) is 0 Å². The number of aromatic hydroxyl groups is 1. The molecule has 0 saturated heterocycles. The molecule has 4 aromatic rings. The first-order valence-corrected chi connectivity index (χ1v) is 6.36. The Bertz CT molecular complexity index is 913. The highest BCUT2D eigenvalue weighted by atomic mass is 16.3. The average molecular weight is 261 g/mol. The third-order valence-corrected chi connectivity index (χ3v) is 3.52. The monoisotopic (exact) mass is 261 g/mol. The second-order valence-corrected chi connectivity index (χ2v) is 4.66. The number of phenolic OH excluding ortho intramolecular Hbond substituents is 1. The summed E-state index contributed by atoms with van der Waals surface area (Å²) in [5, 5.41) is 23.4. The Morgan fingerprint density at radius 3 is 2.20 bits per heavy atom. The summed E-state index contributed by atoms with van der Waals surface area (Å²) in [7, 11) is 0. The first kappa shape index (κ1) is 11.0. The SMILES string of the molecule is Oc1c(-c2ccccc2)c2n[nH]nc2c2ccccc12. The third kappa shape index (κ3) is 1.42. The second kappa shape index (κ2) is 4.06. The van der Waals surface area contributed by atoms with Gasteiger partial charge in [0, 0.05) is 10.8 Å². The normalized spacial score (nSPS) is 11.2. The number of hydrogen-bond acceptors (Lipinski definition) is 3. The molecule has 96 valence electrons. The minimum atomic E-state index is 0.244. The zero-order valence-electron chi connectivity index (χ0n) is 10.5. The number of benzene rings is 3. The molecule has 3 aromatic carbocycles. The van der Waals surface area contributed by atoms with Crippen molar-refractivity contribution >= 4 is 21.8 Å². The van der Waals surface area contributed by atoms with Gasteiger partial charge >= 0.3 is 0 Å². The van der Waals surface area contributed by atoms with Gasteiger partial charge < -0.3 is 5.11 Å². The number of aromatic amines is 1. The third-order valence-electron chi connectivity index (χ3n) is 3.52. The van der Waals surface area contributed by atoms with Gasteiger partial charge in [-0.1, -0.05) is 54.6 Å². The fourth-order valence-electron chi connectivity index (χ4n) is 2.61. The Balaban J connectivity index is 2.24. The maximum Gasteiger partial charge on any atom is 0.133 e. The fourth-order valence-corrected chi connectivity index (χ4v) is 2.61. The van der Waals surface area contributed by atoms with E-state index in [1.165, 1.54) is 0 Å². The molecule has 0 bridgehead atoms. The van der Waals surface area contributed by atoms with Gasteiger partial charge in [-0.05, 0) is 5.56 Å². The number of nitrogens with zero attached hydrogens (tertiary/aromatic N) is 2. The van der Waals surface area contributed by atoms with Crippen molar-refractivity contribution in [2.75, 3.05) is 0 Å². The summed E-state index contributed by atoms with van der Waals surface area (Å²) in [6.45, 7) is 0. The summed E-state index contributed by atoms with van der Waals surface area (Å²) in [5.74, 6) is 0.244. The molecule has 1 heterocycles. The molecular weight excluding hydrogens is 250 g/mol. The van der Waals surface area contributed by atoms with Crippen LogP contribution >= 0.6 is 0 Å². The first-order chi connectivity index (χ1) is 9.86. The van der Waals surface area contributed by atoms with E-state index in [1.807, 2.05) is 54.6 Å². The molecule has 0 amide bonds. The minimum Gasteiger partial charge on any atom is -0.507 e. The molecule has 0 fully saturated rings. The van der Waals surface area contributed by atoms with Crippen molar-refractivity contribution < 1.29 is 5.11 Å².